The van der Waals surface area contributed by atoms with E-state index in [1.807, 2.05) is 16.3 Å². The molecule has 6 heteroatoms. The summed E-state index contributed by atoms with van der Waals surface area (Å²) in [7, 11) is 0. The Morgan fingerprint density at radius 1 is 1.50 bits per heavy atom. The van der Waals surface area contributed by atoms with Gasteiger partial charge < -0.3 is 4.90 Å². The lowest BCUT2D eigenvalue weighted by Crippen LogP contribution is -2.42. The fraction of sp³-hybridized carbons (Fsp3) is 0.500. The third kappa shape index (κ3) is 2.81. The summed E-state index contributed by atoms with van der Waals surface area (Å²) in [4.78, 5) is 22.9. The smallest absolute Gasteiger partial charge is 0.233 e. The van der Waals surface area contributed by atoms with Crippen LogP contribution in [0, 0.1) is 0 Å². The molecule has 0 saturated carbocycles. The lowest BCUT2D eigenvalue weighted by molar-refractivity contribution is -0.131. The SMILES string of the molecule is C[C@H]1CCCCN1C(=O)CSc1ncnc2ccsc12. The first-order chi connectivity index (χ1) is 9.75. The zero-order valence-electron chi connectivity index (χ0n) is 11.4. The zero-order valence-corrected chi connectivity index (χ0v) is 13.0. The molecule has 1 aliphatic rings. The molecule has 20 heavy (non-hydrogen) atoms. The standard InChI is InChI=1S/C14H17N3OS2/c1-10-4-2-3-6-17(10)12(18)8-20-14-13-11(5-7-19-13)15-9-16-14/h5,7,9-10H,2-4,6,8H2,1H3/t10-/m0/s1. The summed E-state index contributed by atoms with van der Waals surface area (Å²) in [6.45, 7) is 3.04. The van der Waals surface area contributed by atoms with Crippen LogP contribution in [-0.4, -0.2) is 39.1 Å². The maximum absolute atomic E-state index is 12.3. The summed E-state index contributed by atoms with van der Waals surface area (Å²) in [5.41, 5.74) is 0.964. The van der Waals surface area contributed by atoms with E-state index in [9.17, 15) is 4.79 Å². The summed E-state index contributed by atoms with van der Waals surface area (Å²) in [5, 5.41) is 2.93. The Kier molecular flexibility index (Phi) is 4.21. The topological polar surface area (TPSA) is 46.1 Å². The summed E-state index contributed by atoms with van der Waals surface area (Å²) in [6, 6.07) is 2.37. The summed E-state index contributed by atoms with van der Waals surface area (Å²) < 4.78 is 1.08. The van der Waals surface area contributed by atoms with E-state index < -0.39 is 0 Å². The minimum absolute atomic E-state index is 0.227. The molecule has 3 heterocycles. The number of carbonyl (C=O) groups is 1. The minimum atomic E-state index is 0.227. The van der Waals surface area contributed by atoms with Gasteiger partial charge in [0.15, 0.2) is 0 Å². The maximum Gasteiger partial charge on any atom is 0.233 e. The number of nitrogens with zero attached hydrogens (tertiary/aromatic N) is 3. The average molecular weight is 307 g/mol. The molecular weight excluding hydrogens is 290 g/mol. The van der Waals surface area contributed by atoms with Crippen molar-refractivity contribution in [3.8, 4) is 0 Å². The number of rotatable bonds is 3. The van der Waals surface area contributed by atoms with E-state index in [1.165, 1.54) is 18.2 Å². The molecule has 0 bridgehead atoms. The van der Waals surface area contributed by atoms with Gasteiger partial charge in [0.1, 0.15) is 11.4 Å². The van der Waals surface area contributed by atoms with E-state index >= 15 is 0 Å². The number of likely N-dealkylation sites (tertiary alicyclic amines) is 1. The lowest BCUT2D eigenvalue weighted by atomic mass is 10.0. The van der Waals surface area contributed by atoms with Crippen LogP contribution in [0.5, 0.6) is 0 Å². The van der Waals surface area contributed by atoms with E-state index in [0.29, 0.717) is 11.8 Å². The first-order valence-electron chi connectivity index (χ1n) is 6.86. The molecule has 4 nitrogen and oxygen atoms in total. The van der Waals surface area contributed by atoms with Crippen LogP contribution >= 0.6 is 23.1 Å². The van der Waals surface area contributed by atoms with Crippen molar-refractivity contribution in [1.82, 2.24) is 14.9 Å². The van der Waals surface area contributed by atoms with Crippen LogP contribution in [0.15, 0.2) is 22.8 Å². The van der Waals surface area contributed by atoms with Gasteiger partial charge in [0.25, 0.3) is 0 Å². The third-order valence-corrected chi connectivity index (χ3v) is 5.68. The molecular formula is C14H17N3OS2. The zero-order chi connectivity index (χ0) is 13.9. The Morgan fingerprint density at radius 2 is 2.40 bits per heavy atom. The molecule has 0 unspecified atom stereocenters. The van der Waals surface area contributed by atoms with Crippen LogP contribution in [0.2, 0.25) is 0 Å². The van der Waals surface area contributed by atoms with Crippen LogP contribution in [0.25, 0.3) is 10.2 Å². The molecule has 0 aromatic carbocycles. The molecule has 1 amide bonds. The number of carbonyl (C=O) groups excluding carboxylic acids is 1. The van der Waals surface area contributed by atoms with Crippen LogP contribution in [0.1, 0.15) is 26.2 Å². The summed E-state index contributed by atoms with van der Waals surface area (Å²) >= 11 is 3.16. The lowest BCUT2D eigenvalue weighted by Gasteiger charge is -2.33. The molecule has 1 saturated heterocycles. The second-order valence-electron chi connectivity index (χ2n) is 5.03. The Hall–Kier alpha value is -1.14. The Morgan fingerprint density at radius 3 is 3.25 bits per heavy atom. The Bertz CT molecular complexity index is 613. The van der Waals surface area contributed by atoms with E-state index in [2.05, 4.69) is 16.9 Å². The molecule has 1 atom stereocenters. The van der Waals surface area contributed by atoms with E-state index in [4.69, 9.17) is 0 Å². The fourth-order valence-corrected chi connectivity index (χ4v) is 4.38. The molecule has 2 aromatic heterocycles. The number of aromatic nitrogens is 2. The fourth-order valence-electron chi connectivity index (χ4n) is 2.55. The van der Waals surface area contributed by atoms with Gasteiger partial charge in [-0.1, -0.05) is 11.8 Å². The van der Waals surface area contributed by atoms with Crippen molar-refractivity contribution in [1.29, 1.82) is 0 Å². The van der Waals surface area contributed by atoms with Gasteiger partial charge in [-0.05, 0) is 37.6 Å². The van der Waals surface area contributed by atoms with Crippen molar-refractivity contribution in [3.63, 3.8) is 0 Å². The highest BCUT2D eigenvalue weighted by atomic mass is 32.2. The van der Waals surface area contributed by atoms with Crippen LogP contribution in [-0.2, 0) is 4.79 Å². The van der Waals surface area contributed by atoms with Gasteiger partial charge in [-0.25, -0.2) is 9.97 Å². The summed E-state index contributed by atoms with van der Waals surface area (Å²) in [6.07, 6.45) is 5.06. The molecule has 0 N–H and O–H groups in total. The highest BCUT2D eigenvalue weighted by Gasteiger charge is 2.23. The van der Waals surface area contributed by atoms with Crippen LogP contribution in [0.4, 0.5) is 0 Å². The van der Waals surface area contributed by atoms with Crippen LogP contribution < -0.4 is 0 Å². The highest BCUT2D eigenvalue weighted by molar-refractivity contribution is 8.00. The third-order valence-electron chi connectivity index (χ3n) is 3.67. The van der Waals surface area contributed by atoms with Gasteiger partial charge >= 0.3 is 0 Å². The second kappa shape index (κ2) is 6.10. The van der Waals surface area contributed by atoms with E-state index in [1.54, 1.807) is 17.7 Å². The second-order valence-corrected chi connectivity index (χ2v) is 6.91. The number of hydrogen-bond donors (Lipinski definition) is 0. The number of hydrogen-bond acceptors (Lipinski definition) is 5. The number of piperidine rings is 1. The molecule has 3 rings (SSSR count). The van der Waals surface area contributed by atoms with Crippen molar-refractivity contribution in [2.45, 2.75) is 37.3 Å². The number of amides is 1. The van der Waals surface area contributed by atoms with Gasteiger partial charge in [0.05, 0.1) is 16.0 Å². The molecule has 0 spiro atoms. The largest absolute Gasteiger partial charge is 0.339 e. The maximum atomic E-state index is 12.3. The predicted octanol–water partition coefficient (Wildman–Crippen LogP) is 3.18. The van der Waals surface area contributed by atoms with Gasteiger partial charge in [-0.2, -0.15) is 0 Å². The highest BCUT2D eigenvalue weighted by Crippen LogP contribution is 2.29. The van der Waals surface area contributed by atoms with Crippen LogP contribution in [0.3, 0.4) is 0 Å². The number of fused-ring (bicyclic) bond motifs is 1. The molecule has 2 aromatic rings. The summed E-state index contributed by atoms with van der Waals surface area (Å²) in [5.74, 6) is 0.694. The van der Waals surface area contributed by atoms with Crippen molar-refractivity contribution < 1.29 is 4.79 Å². The minimum Gasteiger partial charge on any atom is -0.339 e. The first kappa shape index (κ1) is 13.8. The van der Waals surface area contributed by atoms with Crippen molar-refractivity contribution in [3.05, 3.63) is 17.8 Å². The normalized spacial score (nSPS) is 19.4. The Balaban J connectivity index is 1.67. The van der Waals surface area contributed by atoms with E-state index in [0.717, 1.165) is 34.6 Å². The number of thioether (sulfide) groups is 1. The Labute approximate surface area is 126 Å². The van der Waals surface area contributed by atoms with Gasteiger partial charge in [0, 0.05) is 12.6 Å². The van der Waals surface area contributed by atoms with Crippen molar-refractivity contribution >= 4 is 39.2 Å². The van der Waals surface area contributed by atoms with Crippen molar-refractivity contribution in [2.75, 3.05) is 12.3 Å². The predicted molar refractivity (Wildman–Crippen MR) is 83.2 cm³/mol. The molecule has 1 aliphatic heterocycles. The number of thiophene rings is 1. The quantitative estimate of drug-likeness (QED) is 0.645. The van der Waals surface area contributed by atoms with Gasteiger partial charge in [0.2, 0.25) is 5.91 Å². The molecule has 0 radical (unpaired) electrons. The molecule has 0 aliphatic carbocycles. The van der Waals surface area contributed by atoms with Crippen molar-refractivity contribution in [2.24, 2.45) is 0 Å². The van der Waals surface area contributed by atoms with Gasteiger partial charge in [-0.15, -0.1) is 11.3 Å². The molecule has 106 valence electrons. The first-order valence-corrected chi connectivity index (χ1v) is 8.72. The van der Waals surface area contributed by atoms with E-state index in [-0.39, 0.29) is 5.91 Å². The molecule has 1 fully saturated rings. The monoisotopic (exact) mass is 307 g/mol. The van der Waals surface area contributed by atoms with Gasteiger partial charge in [-0.3, -0.25) is 4.79 Å². The average Bonchev–Trinajstić information content (AvgIpc) is 2.94.